The molecule has 37 heavy (non-hydrogen) atoms. The van der Waals surface area contributed by atoms with Crippen molar-refractivity contribution in [3.63, 3.8) is 0 Å². The molecule has 0 bridgehead atoms. The van der Waals surface area contributed by atoms with E-state index in [0.29, 0.717) is 28.6 Å². The van der Waals surface area contributed by atoms with Crippen LogP contribution in [0.5, 0.6) is 0 Å². The van der Waals surface area contributed by atoms with E-state index in [-0.39, 0.29) is 30.6 Å². The second-order valence-electron chi connectivity index (χ2n) is 10.3. The molecule has 2 amide bonds. The van der Waals surface area contributed by atoms with Gasteiger partial charge in [-0.2, -0.15) is 0 Å². The summed E-state index contributed by atoms with van der Waals surface area (Å²) in [5, 5.41) is 11.3. The van der Waals surface area contributed by atoms with E-state index in [0.717, 1.165) is 42.9 Å². The van der Waals surface area contributed by atoms with E-state index in [2.05, 4.69) is 20.1 Å². The summed E-state index contributed by atoms with van der Waals surface area (Å²) < 4.78 is 7.57. The summed E-state index contributed by atoms with van der Waals surface area (Å²) in [7, 11) is 3.43. The molecule has 0 unspecified atom stereocenters. The van der Waals surface area contributed by atoms with Gasteiger partial charge in [0.15, 0.2) is 5.82 Å². The monoisotopic (exact) mass is 502 g/mol. The van der Waals surface area contributed by atoms with Crippen molar-refractivity contribution in [2.75, 3.05) is 23.9 Å². The minimum absolute atomic E-state index is 0.0374. The van der Waals surface area contributed by atoms with Crippen molar-refractivity contribution in [2.24, 2.45) is 0 Å². The molecule has 0 radical (unpaired) electrons. The molecule has 1 saturated carbocycles. The first-order valence-corrected chi connectivity index (χ1v) is 12.7. The van der Waals surface area contributed by atoms with E-state index >= 15 is 0 Å². The molecule has 3 aromatic rings. The van der Waals surface area contributed by atoms with E-state index in [1.54, 1.807) is 4.90 Å². The summed E-state index contributed by atoms with van der Waals surface area (Å²) in [6, 6.07) is 7.63. The molecule has 11 heteroatoms. The third kappa shape index (κ3) is 3.80. The zero-order chi connectivity index (χ0) is 25.9. The van der Waals surface area contributed by atoms with Crippen molar-refractivity contribution in [3.8, 4) is 11.5 Å². The molecule has 0 saturated heterocycles. The molecular weight excluding hydrogens is 472 g/mol. The molecule has 1 N–H and O–H groups in total. The Labute approximate surface area is 214 Å². The number of amides is 2. The number of fused-ring (bicyclic) bond motifs is 3. The summed E-state index contributed by atoms with van der Waals surface area (Å²) in [6.07, 6.45) is 3.78. The number of anilines is 2. The van der Waals surface area contributed by atoms with Gasteiger partial charge >= 0.3 is 6.09 Å². The molecule has 6 rings (SSSR count). The standard InChI is InChI=1S/C26H30N8O3/c1-15(2)32(4)22-12-16-17(19(29-22)14-37-25(36)27-3)13-33(24(16)35)20-7-5-6-18(28-20)23-31-30-21-8-9-26(10-11-26)34(21)23/h5-7,12,15H,8-11,13-14H2,1-4H3,(H,27,36). The van der Waals surface area contributed by atoms with Gasteiger partial charge in [-0.1, -0.05) is 6.07 Å². The molecule has 1 fully saturated rings. The minimum atomic E-state index is -0.553. The van der Waals surface area contributed by atoms with Gasteiger partial charge in [0.2, 0.25) is 0 Å². The SMILES string of the molecule is CNC(=O)OCc1nc(N(C)C(C)C)cc2c1CN(c1cccc(-c3nnc4n3C3(CC4)CC3)n1)C2=O. The van der Waals surface area contributed by atoms with Crippen LogP contribution in [0.2, 0.25) is 0 Å². The second kappa shape index (κ2) is 8.53. The van der Waals surface area contributed by atoms with Gasteiger partial charge in [-0.15, -0.1) is 10.2 Å². The molecule has 0 atom stereocenters. The van der Waals surface area contributed by atoms with Crippen molar-refractivity contribution in [3.05, 3.63) is 46.9 Å². The Balaban J connectivity index is 1.35. The van der Waals surface area contributed by atoms with Gasteiger partial charge in [-0.3, -0.25) is 9.69 Å². The first-order valence-electron chi connectivity index (χ1n) is 12.7. The number of aryl methyl sites for hydroxylation is 1. The Bertz CT molecular complexity index is 1410. The number of pyridine rings is 2. The lowest BCUT2D eigenvalue weighted by Crippen LogP contribution is -2.27. The fraction of sp³-hybridized carbons (Fsp3) is 0.462. The van der Waals surface area contributed by atoms with Crippen LogP contribution in [0, 0.1) is 0 Å². The normalized spacial score (nSPS) is 16.8. The number of hydrogen-bond acceptors (Lipinski definition) is 8. The van der Waals surface area contributed by atoms with Gasteiger partial charge in [0.05, 0.1) is 17.8 Å². The van der Waals surface area contributed by atoms with Crippen LogP contribution in [0.4, 0.5) is 16.4 Å². The number of hydrogen-bond donors (Lipinski definition) is 1. The summed E-state index contributed by atoms with van der Waals surface area (Å²) in [5.74, 6) is 2.80. The molecule has 2 aliphatic heterocycles. The van der Waals surface area contributed by atoms with Gasteiger partial charge < -0.3 is 19.5 Å². The van der Waals surface area contributed by atoms with E-state index < -0.39 is 6.09 Å². The number of carbonyl (C=O) groups is 2. The quantitative estimate of drug-likeness (QED) is 0.547. The number of rotatable bonds is 6. The zero-order valence-corrected chi connectivity index (χ0v) is 21.5. The highest BCUT2D eigenvalue weighted by Gasteiger charge is 2.51. The molecule has 5 heterocycles. The Morgan fingerprint density at radius 1 is 1.22 bits per heavy atom. The van der Waals surface area contributed by atoms with Crippen LogP contribution in [-0.4, -0.2) is 56.9 Å². The highest BCUT2D eigenvalue weighted by molar-refractivity contribution is 6.10. The summed E-state index contributed by atoms with van der Waals surface area (Å²) >= 11 is 0. The van der Waals surface area contributed by atoms with E-state index in [9.17, 15) is 9.59 Å². The van der Waals surface area contributed by atoms with Crippen LogP contribution in [-0.2, 0) is 29.8 Å². The van der Waals surface area contributed by atoms with Crippen LogP contribution in [0.25, 0.3) is 11.5 Å². The maximum atomic E-state index is 13.7. The molecule has 1 aliphatic carbocycles. The highest BCUT2D eigenvalue weighted by Crippen LogP contribution is 2.53. The number of ether oxygens (including phenoxy) is 1. The van der Waals surface area contributed by atoms with Crippen molar-refractivity contribution in [1.82, 2.24) is 30.0 Å². The molecule has 192 valence electrons. The first-order chi connectivity index (χ1) is 17.8. The second-order valence-corrected chi connectivity index (χ2v) is 10.3. The minimum Gasteiger partial charge on any atom is -0.443 e. The first kappa shape index (κ1) is 23.4. The number of alkyl carbamates (subject to hydrolysis) is 1. The Hall–Kier alpha value is -4.02. The van der Waals surface area contributed by atoms with Crippen LogP contribution in [0.1, 0.15) is 60.5 Å². The predicted molar refractivity (Wildman–Crippen MR) is 136 cm³/mol. The van der Waals surface area contributed by atoms with Crippen LogP contribution in [0.15, 0.2) is 24.3 Å². The topological polar surface area (TPSA) is 118 Å². The van der Waals surface area contributed by atoms with Gasteiger partial charge in [0.25, 0.3) is 5.91 Å². The summed E-state index contributed by atoms with van der Waals surface area (Å²) in [6.45, 7) is 4.35. The number of aromatic nitrogens is 5. The van der Waals surface area contributed by atoms with Crippen molar-refractivity contribution in [2.45, 2.75) is 64.3 Å². The summed E-state index contributed by atoms with van der Waals surface area (Å²) in [4.78, 5) is 38.7. The highest BCUT2D eigenvalue weighted by atomic mass is 16.5. The van der Waals surface area contributed by atoms with Crippen molar-refractivity contribution < 1.29 is 14.3 Å². The maximum Gasteiger partial charge on any atom is 0.407 e. The van der Waals surface area contributed by atoms with Gasteiger partial charge in [-0.05, 0) is 51.3 Å². The lowest BCUT2D eigenvalue weighted by atomic mass is 10.1. The van der Waals surface area contributed by atoms with Gasteiger partial charge in [0, 0.05) is 37.7 Å². The van der Waals surface area contributed by atoms with Crippen molar-refractivity contribution in [1.29, 1.82) is 0 Å². The maximum absolute atomic E-state index is 13.7. The fourth-order valence-electron chi connectivity index (χ4n) is 5.22. The molecule has 3 aromatic heterocycles. The van der Waals surface area contributed by atoms with Crippen LogP contribution < -0.4 is 15.1 Å². The fourth-order valence-corrected chi connectivity index (χ4v) is 5.22. The Morgan fingerprint density at radius 3 is 2.76 bits per heavy atom. The average molecular weight is 503 g/mol. The third-order valence-electron chi connectivity index (χ3n) is 7.75. The predicted octanol–water partition coefficient (Wildman–Crippen LogP) is 3.03. The van der Waals surface area contributed by atoms with E-state index in [1.807, 2.05) is 50.1 Å². The van der Waals surface area contributed by atoms with Crippen LogP contribution >= 0.6 is 0 Å². The number of nitrogens with zero attached hydrogens (tertiary/aromatic N) is 7. The van der Waals surface area contributed by atoms with Gasteiger partial charge in [-0.25, -0.2) is 14.8 Å². The Kier molecular flexibility index (Phi) is 5.39. The lowest BCUT2D eigenvalue weighted by Gasteiger charge is -2.23. The lowest BCUT2D eigenvalue weighted by molar-refractivity contribution is 0.0996. The third-order valence-corrected chi connectivity index (χ3v) is 7.75. The number of nitrogens with one attached hydrogen (secondary N) is 1. The van der Waals surface area contributed by atoms with E-state index in [1.165, 1.54) is 7.05 Å². The largest absolute Gasteiger partial charge is 0.443 e. The molecular formula is C26H30N8O3. The molecule has 11 nitrogen and oxygen atoms in total. The number of carbonyl (C=O) groups excluding carboxylic acids is 2. The van der Waals surface area contributed by atoms with E-state index in [4.69, 9.17) is 14.7 Å². The molecule has 3 aliphatic rings. The molecule has 1 spiro atoms. The Morgan fingerprint density at radius 2 is 2.03 bits per heavy atom. The molecule has 0 aromatic carbocycles. The average Bonchev–Trinajstić information content (AvgIpc) is 3.24. The van der Waals surface area contributed by atoms with Crippen molar-refractivity contribution >= 4 is 23.6 Å². The van der Waals surface area contributed by atoms with Gasteiger partial charge in [0.1, 0.15) is 29.8 Å². The zero-order valence-electron chi connectivity index (χ0n) is 21.5. The smallest absolute Gasteiger partial charge is 0.407 e. The van der Waals surface area contributed by atoms with Crippen LogP contribution in [0.3, 0.4) is 0 Å². The summed E-state index contributed by atoms with van der Waals surface area (Å²) in [5.41, 5.74) is 2.69.